The Hall–Kier alpha value is -2.39. The molecule has 2 nitrogen and oxygen atoms in total. The lowest BCUT2D eigenvalue weighted by Gasteiger charge is -2.39. The van der Waals surface area contributed by atoms with Gasteiger partial charge in [0.2, 0.25) is 0 Å². The molecule has 0 saturated heterocycles. The monoisotopic (exact) mass is 347 g/mol. The zero-order valence-corrected chi connectivity index (χ0v) is 15.1. The molecule has 0 fully saturated rings. The zero-order chi connectivity index (χ0) is 17.3. The average molecular weight is 347 g/mol. The second kappa shape index (κ2) is 6.49. The highest BCUT2D eigenvalue weighted by Crippen LogP contribution is 2.38. The molecule has 1 amide bonds. The van der Waals surface area contributed by atoms with Gasteiger partial charge in [-0.2, -0.15) is 0 Å². The molecule has 2 aromatic carbocycles. The highest BCUT2D eigenvalue weighted by molar-refractivity contribution is 7.10. The van der Waals surface area contributed by atoms with E-state index in [4.69, 9.17) is 0 Å². The first-order valence-corrected chi connectivity index (χ1v) is 9.55. The summed E-state index contributed by atoms with van der Waals surface area (Å²) in [6, 6.07) is 20.4. The van der Waals surface area contributed by atoms with Crippen LogP contribution in [0.1, 0.15) is 38.3 Å². The van der Waals surface area contributed by atoms with Crippen molar-refractivity contribution < 1.29 is 4.79 Å². The van der Waals surface area contributed by atoms with Crippen molar-refractivity contribution in [1.82, 2.24) is 5.32 Å². The van der Waals surface area contributed by atoms with E-state index in [2.05, 4.69) is 41.0 Å². The molecule has 0 spiro atoms. The van der Waals surface area contributed by atoms with Gasteiger partial charge >= 0.3 is 0 Å². The lowest BCUT2D eigenvalue weighted by molar-refractivity contribution is 0.0885. The van der Waals surface area contributed by atoms with Gasteiger partial charge in [0.05, 0.1) is 5.54 Å². The highest BCUT2D eigenvalue weighted by Gasteiger charge is 2.38. The molecule has 3 aromatic rings. The topological polar surface area (TPSA) is 29.1 Å². The maximum absolute atomic E-state index is 13.1. The Morgan fingerprint density at radius 2 is 1.80 bits per heavy atom. The van der Waals surface area contributed by atoms with Gasteiger partial charge in [-0.1, -0.05) is 48.5 Å². The van der Waals surface area contributed by atoms with Gasteiger partial charge < -0.3 is 5.32 Å². The predicted octanol–water partition coefficient (Wildman–Crippen LogP) is 4.87. The normalized spacial score (nSPS) is 19.2. The molecule has 0 aliphatic heterocycles. The van der Waals surface area contributed by atoms with E-state index in [1.807, 2.05) is 48.6 Å². The van der Waals surface area contributed by atoms with E-state index in [0.29, 0.717) is 0 Å². The predicted molar refractivity (Wildman–Crippen MR) is 103 cm³/mol. The Morgan fingerprint density at radius 3 is 2.60 bits per heavy atom. The fourth-order valence-corrected chi connectivity index (χ4v) is 4.69. The number of hydrogen-bond acceptors (Lipinski definition) is 2. The molecule has 1 aliphatic rings. The fourth-order valence-electron chi connectivity index (χ4n) is 3.78. The van der Waals surface area contributed by atoms with E-state index in [-0.39, 0.29) is 11.4 Å². The van der Waals surface area contributed by atoms with Crippen LogP contribution in [0.2, 0.25) is 0 Å². The number of carbonyl (C=O) groups excluding carboxylic acids is 1. The summed E-state index contributed by atoms with van der Waals surface area (Å²) in [7, 11) is 0. The van der Waals surface area contributed by atoms with Crippen LogP contribution in [0.3, 0.4) is 0 Å². The van der Waals surface area contributed by atoms with Gasteiger partial charge in [0.25, 0.3) is 5.91 Å². The van der Waals surface area contributed by atoms with E-state index in [0.717, 1.165) is 30.4 Å². The number of carbonyl (C=O) groups is 1. The minimum absolute atomic E-state index is 0.0145. The van der Waals surface area contributed by atoms with Crippen LogP contribution in [0.25, 0.3) is 0 Å². The molecular formula is C22H21NOS. The van der Waals surface area contributed by atoms with Gasteiger partial charge in [-0.25, -0.2) is 0 Å². The first kappa shape index (κ1) is 16.1. The molecule has 1 aliphatic carbocycles. The summed E-state index contributed by atoms with van der Waals surface area (Å²) in [6.45, 7) is 1.99. The largest absolute Gasteiger partial charge is 0.342 e. The summed E-state index contributed by atoms with van der Waals surface area (Å²) < 4.78 is 0. The zero-order valence-electron chi connectivity index (χ0n) is 14.3. The number of rotatable bonds is 3. The van der Waals surface area contributed by atoms with Gasteiger partial charge in [-0.3, -0.25) is 4.79 Å². The van der Waals surface area contributed by atoms with Crippen LogP contribution in [-0.4, -0.2) is 5.91 Å². The maximum Gasteiger partial charge on any atom is 0.252 e. The van der Waals surface area contributed by atoms with Gasteiger partial charge in [-0.15, -0.1) is 11.3 Å². The van der Waals surface area contributed by atoms with Crippen molar-refractivity contribution in [3.8, 4) is 0 Å². The van der Waals surface area contributed by atoms with Crippen molar-refractivity contribution in [1.29, 1.82) is 0 Å². The molecule has 1 unspecified atom stereocenters. The quantitative estimate of drug-likeness (QED) is 0.719. The van der Waals surface area contributed by atoms with Crippen LogP contribution in [0.5, 0.6) is 0 Å². The van der Waals surface area contributed by atoms with Crippen LogP contribution in [0, 0.1) is 6.92 Å². The second-order valence-corrected chi connectivity index (χ2v) is 7.76. The molecular weight excluding hydrogens is 326 g/mol. The first-order chi connectivity index (χ1) is 12.2. The molecule has 4 rings (SSSR count). The smallest absolute Gasteiger partial charge is 0.252 e. The second-order valence-electron chi connectivity index (χ2n) is 6.76. The van der Waals surface area contributed by atoms with E-state index in [1.165, 1.54) is 16.0 Å². The summed E-state index contributed by atoms with van der Waals surface area (Å²) in [4.78, 5) is 14.5. The minimum Gasteiger partial charge on any atom is -0.342 e. The van der Waals surface area contributed by atoms with E-state index in [1.54, 1.807) is 0 Å². The summed E-state index contributed by atoms with van der Waals surface area (Å²) in [5, 5.41) is 5.56. The van der Waals surface area contributed by atoms with Crippen molar-refractivity contribution in [2.45, 2.75) is 31.7 Å². The van der Waals surface area contributed by atoms with E-state index >= 15 is 0 Å². The van der Waals surface area contributed by atoms with Crippen molar-refractivity contribution in [3.05, 3.63) is 93.2 Å². The molecule has 0 bridgehead atoms. The Labute approximate surface area is 152 Å². The standard InChI is InChI=1S/C22H21NOS/c1-16-7-5-6-10-19(16)21(24)23-22(18-8-3-2-4-9-18)13-11-20-17(15-22)12-14-25-20/h2-10,12,14H,11,13,15H2,1H3,(H,23,24). The van der Waals surface area contributed by atoms with Crippen molar-refractivity contribution in [2.75, 3.05) is 0 Å². The third-order valence-corrected chi connectivity index (χ3v) is 6.20. The number of aryl methyl sites for hydroxylation is 2. The number of thiophene rings is 1. The van der Waals surface area contributed by atoms with Crippen LogP contribution in [0.15, 0.2) is 66.0 Å². The summed E-state index contributed by atoms with van der Waals surface area (Å²) in [6.07, 6.45) is 2.80. The van der Waals surface area contributed by atoms with E-state index in [9.17, 15) is 4.79 Å². The molecule has 126 valence electrons. The number of hydrogen-bond donors (Lipinski definition) is 1. The molecule has 1 N–H and O–H groups in total. The summed E-state index contributed by atoms with van der Waals surface area (Å²) in [5.41, 5.74) is 3.98. The average Bonchev–Trinajstić information content (AvgIpc) is 3.10. The number of amides is 1. The van der Waals surface area contributed by atoms with Gasteiger partial charge in [0.1, 0.15) is 0 Å². The Balaban J connectivity index is 1.72. The van der Waals surface area contributed by atoms with Crippen LogP contribution in [-0.2, 0) is 18.4 Å². The van der Waals surface area contributed by atoms with Gasteiger partial charge in [0, 0.05) is 16.9 Å². The summed E-state index contributed by atoms with van der Waals surface area (Å²) >= 11 is 1.83. The third-order valence-electron chi connectivity index (χ3n) is 5.18. The Morgan fingerprint density at radius 1 is 1.04 bits per heavy atom. The maximum atomic E-state index is 13.1. The molecule has 1 heterocycles. The number of benzene rings is 2. The lowest BCUT2D eigenvalue weighted by Crippen LogP contribution is -2.49. The molecule has 0 saturated carbocycles. The van der Waals surface area contributed by atoms with Gasteiger partial charge in [-0.05, 0) is 54.0 Å². The van der Waals surface area contributed by atoms with Crippen molar-refractivity contribution in [3.63, 3.8) is 0 Å². The summed E-state index contributed by atoms with van der Waals surface area (Å²) in [5.74, 6) is 0.0145. The molecule has 0 radical (unpaired) electrons. The first-order valence-electron chi connectivity index (χ1n) is 8.67. The number of nitrogens with one attached hydrogen (secondary N) is 1. The SMILES string of the molecule is Cc1ccccc1C(=O)NC1(c2ccccc2)CCc2sccc2C1. The highest BCUT2D eigenvalue weighted by atomic mass is 32.1. The number of fused-ring (bicyclic) bond motifs is 1. The van der Waals surface area contributed by atoms with Crippen molar-refractivity contribution >= 4 is 17.2 Å². The molecule has 25 heavy (non-hydrogen) atoms. The molecule has 3 heteroatoms. The van der Waals surface area contributed by atoms with Crippen LogP contribution >= 0.6 is 11.3 Å². The molecule has 1 atom stereocenters. The Kier molecular flexibility index (Phi) is 4.18. The van der Waals surface area contributed by atoms with E-state index < -0.39 is 0 Å². The van der Waals surface area contributed by atoms with Gasteiger partial charge in [0.15, 0.2) is 0 Å². The van der Waals surface area contributed by atoms with Crippen LogP contribution < -0.4 is 5.32 Å². The molecule has 1 aromatic heterocycles. The third kappa shape index (κ3) is 3.00. The minimum atomic E-state index is -0.339. The van der Waals surface area contributed by atoms with Crippen LogP contribution in [0.4, 0.5) is 0 Å². The Bertz CT molecular complexity index is 899. The van der Waals surface area contributed by atoms with Crippen molar-refractivity contribution in [2.24, 2.45) is 0 Å². The lowest BCUT2D eigenvalue weighted by atomic mass is 9.76. The fraction of sp³-hybridized carbons (Fsp3) is 0.227.